The molecule has 0 spiro atoms. The van der Waals surface area contributed by atoms with Crippen LogP contribution in [0.1, 0.15) is 16.8 Å². The third-order valence-electron chi connectivity index (χ3n) is 3.15. The minimum absolute atomic E-state index is 0.292. The van der Waals surface area contributed by atoms with Gasteiger partial charge in [-0.2, -0.15) is 0 Å². The Morgan fingerprint density at radius 2 is 1.91 bits per heavy atom. The van der Waals surface area contributed by atoms with Gasteiger partial charge in [0, 0.05) is 22.7 Å². The molecule has 0 aliphatic carbocycles. The molecule has 1 N–H and O–H groups in total. The van der Waals surface area contributed by atoms with E-state index in [9.17, 15) is 4.79 Å². The Bertz CT molecular complexity index is 719. The predicted octanol–water partition coefficient (Wildman–Crippen LogP) is 4.41. The Hall–Kier alpha value is -1.91. The first-order valence-electron chi connectivity index (χ1n) is 6.79. The van der Waals surface area contributed by atoms with Gasteiger partial charge in [-0.25, -0.2) is 0 Å². The maximum atomic E-state index is 12.3. The van der Waals surface area contributed by atoms with Crippen LogP contribution in [0.3, 0.4) is 0 Å². The molecule has 0 bridgehead atoms. The van der Waals surface area contributed by atoms with Crippen molar-refractivity contribution in [2.24, 2.45) is 0 Å². The summed E-state index contributed by atoms with van der Waals surface area (Å²) in [7, 11) is 0. The zero-order chi connectivity index (χ0) is 15.5. The van der Waals surface area contributed by atoms with E-state index in [1.165, 1.54) is 0 Å². The third kappa shape index (κ3) is 3.29. The van der Waals surface area contributed by atoms with Gasteiger partial charge in [0.2, 0.25) is 0 Å². The second-order valence-electron chi connectivity index (χ2n) is 4.80. The number of carbonyl (C=O) groups excluding carboxylic acids is 1. The second kappa shape index (κ2) is 6.46. The topological polar surface area (TPSA) is 47.6 Å². The Kier molecular flexibility index (Phi) is 4.41. The fourth-order valence-corrected chi connectivity index (χ4v) is 2.59. The van der Waals surface area contributed by atoms with Crippen molar-refractivity contribution >= 4 is 34.8 Å². The van der Waals surface area contributed by atoms with E-state index < -0.39 is 0 Å². The molecule has 3 rings (SSSR count). The number of hydrogen-bond acceptors (Lipinski definition) is 3. The molecule has 6 heteroatoms. The van der Waals surface area contributed by atoms with Gasteiger partial charge in [0.1, 0.15) is 0 Å². The summed E-state index contributed by atoms with van der Waals surface area (Å²) in [6.07, 6.45) is 0.773. The SMILES string of the molecule is O=C(Nc1cccc(Cl)c1)c1cc(Cl)c2c(c1)OCCCO2. The molecule has 22 heavy (non-hydrogen) atoms. The van der Waals surface area contributed by atoms with Crippen molar-refractivity contribution in [3.05, 3.63) is 52.0 Å². The van der Waals surface area contributed by atoms with Crippen LogP contribution in [0.2, 0.25) is 10.0 Å². The molecule has 2 aromatic carbocycles. The molecule has 1 aliphatic heterocycles. The van der Waals surface area contributed by atoms with Crippen LogP contribution in [-0.2, 0) is 0 Å². The zero-order valence-corrected chi connectivity index (χ0v) is 13.1. The average Bonchev–Trinajstić information content (AvgIpc) is 2.73. The van der Waals surface area contributed by atoms with Gasteiger partial charge in [-0.1, -0.05) is 29.3 Å². The second-order valence-corrected chi connectivity index (χ2v) is 5.64. The molecule has 1 heterocycles. The van der Waals surface area contributed by atoms with Crippen molar-refractivity contribution in [1.29, 1.82) is 0 Å². The number of benzene rings is 2. The largest absolute Gasteiger partial charge is 0.489 e. The highest BCUT2D eigenvalue weighted by Gasteiger charge is 2.18. The normalized spacial score (nSPS) is 13.4. The molecule has 0 unspecified atom stereocenters. The van der Waals surface area contributed by atoms with Crippen molar-refractivity contribution in [2.45, 2.75) is 6.42 Å². The first-order valence-corrected chi connectivity index (χ1v) is 7.55. The third-order valence-corrected chi connectivity index (χ3v) is 3.66. The van der Waals surface area contributed by atoms with Crippen LogP contribution in [-0.4, -0.2) is 19.1 Å². The Morgan fingerprint density at radius 1 is 1.09 bits per heavy atom. The molecule has 0 saturated carbocycles. The van der Waals surface area contributed by atoms with E-state index in [4.69, 9.17) is 32.7 Å². The minimum atomic E-state index is -0.292. The van der Waals surface area contributed by atoms with Crippen LogP contribution in [0.25, 0.3) is 0 Å². The lowest BCUT2D eigenvalue weighted by atomic mass is 10.1. The summed E-state index contributed by atoms with van der Waals surface area (Å²) in [5, 5.41) is 3.68. The van der Waals surface area contributed by atoms with Gasteiger partial charge in [0.25, 0.3) is 5.91 Å². The van der Waals surface area contributed by atoms with E-state index in [2.05, 4.69) is 5.32 Å². The van der Waals surface area contributed by atoms with Gasteiger partial charge in [0.15, 0.2) is 11.5 Å². The fraction of sp³-hybridized carbons (Fsp3) is 0.188. The maximum absolute atomic E-state index is 12.3. The summed E-state index contributed by atoms with van der Waals surface area (Å²) in [6, 6.07) is 10.1. The number of anilines is 1. The van der Waals surface area contributed by atoms with E-state index in [-0.39, 0.29) is 5.91 Å². The molecular formula is C16H13Cl2NO3. The number of rotatable bonds is 2. The minimum Gasteiger partial charge on any atom is -0.489 e. The average molecular weight is 338 g/mol. The molecule has 0 saturated heterocycles. The van der Waals surface area contributed by atoms with Crippen LogP contribution >= 0.6 is 23.2 Å². The van der Waals surface area contributed by atoms with E-state index in [1.54, 1.807) is 36.4 Å². The number of fused-ring (bicyclic) bond motifs is 1. The van der Waals surface area contributed by atoms with Gasteiger partial charge in [-0.05, 0) is 30.3 Å². The summed E-state index contributed by atoms with van der Waals surface area (Å²) >= 11 is 12.1. The van der Waals surface area contributed by atoms with Gasteiger partial charge in [-0.3, -0.25) is 4.79 Å². The summed E-state index contributed by atoms with van der Waals surface area (Å²) in [5.41, 5.74) is 1.01. The highest BCUT2D eigenvalue weighted by molar-refractivity contribution is 6.33. The van der Waals surface area contributed by atoms with E-state index in [0.29, 0.717) is 46.0 Å². The number of ether oxygens (including phenoxy) is 2. The molecule has 1 aliphatic rings. The molecule has 0 aromatic heterocycles. The van der Waals surface area contributed by atoms with Gasteiger partial charge in [-0.15, -0.1) is 0 Å². The molecule has 114 valence electrons. The van der Waals surface area contributed by atoms with Crippen LogP contribution in [0, 0.1) is 0 Å². The Morgan fingerprint density at radius 3 is 2.73 bits per heavy atom. The number of nitrogens with one attached hydrogen (secondary N) is 1. The molecule has 1 amide bonds. The Balaban J connectivity index is 1.86. The standard InChI is InChI=1S/C16H13Cl2NO3/c17-11-3-1-4-12(9-11)19-16(20)10-7-13(18)15-14(8-10)21-5-2-6-22-15/h1,3-4,7-9H,2,5-6H2,(H,19,20). The van der Waals surface area contributed by atoms with Crippen molar-refractivity contribution < 1.29 is 14.3 Å². The first kappa shape index (κ1) is 15.0. The number of hydrogen-bond donors (Lipinski definition) is 1. The number of halogens is 2. The quantitative estimate of drug-likeness (QED) is 0.882. The highest BCUT2D eigenvalue weighted by atomic mass is 35.5. The van der Waals surface area contributed by atoms with Crippen LogP contribution < -0.4 is 14.8 Å². The van der Waals surface area contributed by atoms with Gasteiger partial charge >= 0.3 is 0 Å². The van der Waals surface area contributed by atoms with Crippen molar-refractivity contribution in [3.8, 4) is 11.5 Å². The Labute approximate surface area is 137 Å². The summed E-state index contributed by atoms with van der Waals surface area (Å²) in [5.74, 6) is 0.680. The highest BCUT2D eigenvalue weighted by Crippen LogP contribution is 2.38. The molecule has 2 aromatic rings. The van der Waals surface area contributed by atoms with Crippen LogP contribution in [0.15, 0.2) is 36.4 Å². The van der Waals surface area contributed by atoms with E-state index in [0.717, 1.165) is 6.42 Å². The molecule has 0 fully saturated rings. The van der Waals surface area contributed by atoms with Crippen LogP contribution in [0.4, 0.5) is 5.69 Å². The summed E-state index contributed by atoms with van der Waals surface area (Å²) in [6.45, 7) is 1.07. The van der Waals surface area contributed by atoms with Gasteiger partial charge < -0.3 is 14.8 Å². The van der Waals surface area contributed by atoms with Crippen molar-refractivity contribution in [2.75, 3.05) is 18.5 Å². The lowest BCUT2D eigenvalue weighted by Gasteiger charge is -2.12. The molecular weight excluding hydrogens is 325 g/mol. The van der Waals surface area contributed by atoms with E-state index >= 15 is 0 Å². The monoisotopic (exact) mass is 337 g/mol. The van der Waals surface area contributed by atoms with Crippen molar-refractivity contribution in [1.82, 2.24) is 0 Å². The summed E-state index contributed by atoms with van der Waals surface area (Å²) in [4.78, 5) is 12.3. The van der Waals surface area contributed by atoms with Crippen LogP contribution in [0.5, 0.6) is 11.5 Å². The number of carbonyl (C=O) groups is 1. The molecule has 0 atom stereocenters. The predicted molar refractivity (Wildman–Crippen MR) is 86.5 cm³/mol. The van der Waals surface area contributed by atoms with Gasteiger partial charge in [0.05, 0.1) is 18.2 Å². The molecule has 0 radical (unpaired) electrons. The summed E-state index contributed by atoms with van der Waals surface area (Å²) < 4.78 is 11.1. The fourth-order valence-electron chi connectivity index (χ4n) is 2.13. The lowest BCUT2D eigenvalue weighted by molar-refractivity contribution is 0.102. The maximum Gasteiger partial charge on any atom is 0.255 e. The first-order chi connectivity index (χ1) is 10.6. The van der Waals surface area contributed by atoms with Crippen molar-refractivity contribution in [3.63, 3.8) is 0 Å². The molecule has 4 nitrogen and oxygen atoms in total. The van der Waals surface area contributed by atoms with E-state index in [1.807, 2.05) is 0 Å². The zero-order valence-electron chi connectivity index (χ0n) is 11.6. The smallest absolute Gasteiger partial charge is 0.255 e. The number of amides is 1. The lowest BCUT2D eigenvalue weighted by Crippen LogP contribution is -2.12.